The predicted molar refractivity (Wildman–Crippen MR) is 15.8 cm³/mol. The monoisotopic (exact) mass is 84.0 g/mol. The first-order valence-corrected chi connectivity index (χ1v) is 0.856. The van der Waals surface area contributed by atoms with Crippen molar-refractivity contribution < 1.29 is 31.0 Å². The summed E-state index contributed by atoms with van der Waals surface area (Å²) in [6.45, 7) is 0. The maximum Gasteiger partial charge on any atom is 1.00 e. The minimum atomic E-state index is 0. The van der Waals surface area contributed by atoms with Gasteiger partial charge in [0.2, 0.25) is 0 Å². The molecule has 0 aliphatic rings. The second kappa shape index (κ2) is 9.14. The second-order valence-corrected chi connectivity index (χ2v) is 0.327. The van der Waals surface area contributed by atoms with Crippen molar-refractivity contribution in [2.24, 2.45) is 0 Å². The smallest absolute Gasteiger partial charge is 1.00 e. The van der Waals surface area contributed by atoms with E-state index >= 15 is 0 Å². The second-order valence-electron chi connectivity index (χ2n) is 0.109. The van der Waals surface area contributed by atoms with Gasteiger partial charge in [0.1, 0.15) is 0 Å². The molecule has 0 fully saturated rings. The van der Waals surface area contributed by atoms with Crippen LogP contribution < -0.4 is 29.6 Å². The van der Waals surface area contributed by atoms with Crippen LogP contribution in [-0.4, -0.2) is 0 Å². The molecule has 0 aliphatic heterocycles. The van der Waals surface area contributed by atoms with Crippen molar-refractivity contribution >= 4 is 11.6 Å². The van der Waals surface area contributed by atoms with E-state index in [9.17, 15) is 0 Å². The third kappa shape index (κ3) is 13.5. The van der Waals surface area contributed by atoms with Crippen LogP contribution in [0.15, 0.2) is 0 Å². The molecular formula is C2H2ClNa. The van der Waals surface area contributed by atoms with Crippen LogP contribution in [0.3, 0.4) is 0 Å². The van der Waals surface area contributed by atoms with Gasteiger partial charge in [0.15, 0.2) is 0 Å². The molecule has 0 heterocycles. The molecule has 0 saturated heterocycles. The minimum absolute atomic E-state index is 0. The van der Waals surface area contributed by atoms with Crippen molar-refractivity contribution in [2.45, 2.75) is 0 Å². The minimum Gasteiger partial charge on any atom is -1.00 e. The van der Waals surface area contributed by atoms with E-state index < -0.39 is 0 Å². The van der Waals surface area contributed by atoms with Crippen LogP contribution in [0.25, 0.3) is 0 Å². The maximum atomic E-state index is 4.53. The summed E-state index contributed by atoms with van der Waals surface area (Å²) in [5.74, 6) is 0. The Balaban J connectivity index is -0.0000000200. The van der Waals surface area contributed by atoms with E-state index in [0.717, 1.165) is 0 Å². The van der Waals surface area contributed by atoms with Crippen molar-refractivity contribution in [2.75, 3.05) is 0 Å². The molecule has 0 nitrogen and oxygen atoms in total. The van der Waals surface area contributed by atoms with Crippen molar-refractivity contribution in [1.29, 1.82) is 0 Å². The third-order valence-electron chi connectivity index (χ3n) is 0. The van der Waals surface area contributed by atoms with Crippen LogP contribution in [0.4, 0.5) is 0 Å². The number of terminal acetylenes is 1. The Kier molecular flexibility index (Phi) is 20.2. The molecule has 0 saturated carbocycles. The van der Waals surface area contributed by atoms with Crippen molar-refractivity contribution in [3.63, 3.8) is 0 Å². The molecule has 0 bridgehead atoms. The largest absolute Gasteiger partial charge is 1.00 e. The van der Waals surface area contributed by atoms with Crippen molar-refractivity contribution in [1.82, 2.24) is 0 Å². The van der Waals surface area contributed by atoms with E-state index in [4.69, 9.17) is 0 Å². The number of hydrogen-bond donors (Lipinski definition) is 0. The van der Waals surface area contributed by atoms with Gasteiger partial charge < -0.3 is 1.43 Å². The zero-order valence-corrected chi connectivity index (χ0v) is 5.21. The number of hydrogen-bond acceptors (Lipinski definition) is 0. The molecule has 0 aromatic heterocycles. The van der Waals surface area contributed by atoms with E-state index in [-0.39, 0.29) is 31.0 Å². The summed E-state index contributed by atoms with van der Waals surface area (Å²) in [5.41, 5.74) is 0. The van der Waals surface area contributed by atoms with E-state index in [0.29, 0.717) is 0 Å². The first-order valence-electron chi connectivity index (χ1n) is 0.478. The molecule has 0 aliphatic carbocycles. The first-order chi connectivity index (χ1) is 1.41. The van der Waals surface area contributed by atoms with Gasteiger partial charge in [0.25, 0.3) is 0 Å². The normalized spacial score (nSPS) is 2.00. The summed E-state index contributed by atoms with van der Waals surface area (Å²) < 4.78 is 0. The Hall–Kier alpha value is 0.850. The molecule has 0 amide bonds. The van der Waals surface area contributed by atoms with Gasteiger partial charge in [0, 0.05) is 5.38 Å². The van der Waals surface area contributed by atoms with E-state index in [1.165, 1.54) is 0 Å². The predicted octanol–water partition coefficient (Wildman–Crippen LogP) is -2.07. The quantitative estimate of drug-likeness (QED) is 0.234. The van der Waals surface area contributed by atoms with E-state index in [1.807, 2.05) is 0 Å². The molecular weight excluding hydrogens is 82.5 g/mol. The summed E-state index contributed by atoms with van der Waals surface area (Å²) >= 11 is 4.53. The fourth-order valence-electron chi connectivity index (χ4n) is 0. The molecule has 0 unspecified atom stereocenters. The summed E-state index contributed by atoms with van der Waals surface area (Å²) in [6, 6.07) is 0. The van der Waals surface area contributed by atoms with E-state index in [2.05, 4.69) is 18.0 Å². The van der Waals surface area contributed by atoms with Crippen LogP contribution in [-0.2, 0) is 0 Å². The third-order valence-corrected chi connectivity index (χ3v) is 0. The van der Waals surface area contributed by atoms with Crippen LogP contribution in [0.5, 0.6) is 0 Å². The fraction of sp³-hybridized carbons (Fsp3) is 0. The number of rotatable bonds is 0. The van der Waals surface area contributed by atoms with Crippen LogP contribution in [0.1, 0.15) is 1.43 Å². The molecule has 2 heteroatoms. The molecule has 0 rings (SSSR count). The van der Waals surface area contributed by atoms with Gasteiger partial charge in [-0.05, 0) is 11.6 Å². The summed E-state index contributed by atoms with van der Waals surface area (Å²) in [7, 11) is 0. The Morgan fingerprint density at radius 1 is 2.00 bits per heavy atom. The molecule has 18 valence electrons. The number of halogens is 1. The Morgan fingerprint density at radius 2 is 2.00 bits per heavy atom. The standard InChI is InChI=1S/C2HCl.Na.H/c1-2-3;;/h1H;;/q;+1;-1. The van der Waals surface area contributed by atoms with Crippen LogP contribution in [0, 0.1) is 11.8 Å². The summed E-state index contributed by atoms with van der Waals surface area (Å²) in [5, 5.41) is 1.72. The van der Waals surface area contributed by atoms with Gasteiger partial charge in [-0.3, -0.25) is 0 Å². The Bertz CT molecular complexity index is 31.1. The first kappa shape index (κ1) is 8.85. The van der Waals surface area contributed by atoms with Gasteiger partial charge >= 0.3 is 29.6 Å². The zero-order chi connectivity index (χ0) is 2.71. The molecule has 4 heavy (non-hydrogen) atoms. The SMILES string of the molecule is C#CCl.[H-].[Na+]. The maximum absolute atomic E-state index is 4.53. The van der Waals surface area contributed by atoms with Crippen molar-refractivity contribution in [3.05, 3.63) is 0 Å². The zero-order valence-electron chi connectivity index (χ0n) is 3.46. The summed E-state index contributed by atoms with van der Waals surface area (Å²) in [6.07, 6.45) is 4.36. The Morgan fingerprint density at radius 3 is 2.00 bits per heavy atom. The molecule has 0 aromatic carbocycles. The average Bonchev–Trinajstić information content (AvgIpc) is 0.918. The fourth-order valence-corrected chi connectivity index (χ4v) is 0. The average molecular weight is 84.5 g/mol. The van der Waals surface area contributed by atoms with Gasteiger partial charge in [0.05, 0.1) is 0 Å². The molecule has 0 spiro atoms. The molecule has 0 N–H and O–H groups in total. The van der Waals surface area contributed by atoms with Gasteiger partial charge in [-0.2, -0.15) is 0 Å². The van der Waals surface area contributed by atoms with Gasteiger partial charge in [-0.1, -0.05) is 0 Å². The van der Waals surface area contributed by atoms with Crippen LogP contribution >= 0.6 is 11.6 Å². The Labute approximate surface area is 54.3 Å². The van der Waals surface area contributed by atoms with Gasteiger partial charge in [-0.15, -0.1) is 6.42 Å². The molecule has 0 atom stereocenters. The molecule has 0 radical (unpaired) electrons. The van der Waals surface area contributed by atoms with Gasteiger partial charge in [-0.25, -0.2) is 0 Å². The van der Waals surface area contributed by atoms with Crippen molar-refractivity contribution in [3.8, 4) is 11.8 Å². The topological polar surface area (TPSA) is 0 Å². The van der Waals surface area contributed by atoms with Crippen LogP contribution in [0.2, 0.25) is 0 Å². The molecule has 0 aromatic rings. The van der Waals surface area contributed by atoms with E-state index in [1.54, 1.807) is 5.38 Å². The summed E-state index contributed by atoms with van der Waals surface area (Å²) in [4.78, 5) is 0.